The van der Waals surface area contributed by atoms with Gasteiger partial charge in [-0.15, -0.1) is 0 Å². The average molecular weight is 342 g/mol. The zero-order valence-electron chi connectivity index (χ0n) is 14.5. The summed E-state index contributed by atoms with van der Waals surface area (Å²) >= 11 is 0. The number of imidazole rings is 1. The van der Waals surface area contributed by atoms with E-state index in [0.717, 1.165) is 64.5 Å². The molecular weight excluding hydrogens is 324 g/mol. The Morgan fingerprint density at radius 3 is 2.73 bits per heavy atom. The number of aromatic nitrogens is 4. The Balaban J connectivity index is 1.74. The lowest BCUT2D eigenvalue weighted by atomic mass is 10.0. The van der Waals surface area contributed by atoms with E-state index in [1.165, 1.54) is 0 Å². The number of hydrogen-bond donors (Lipinski definition) is 0. The van der Waals surface area contributed by atoms with Gasteiger partial charge in [-0.2, -0.15) is 0 Å². The van der Waals surface area contributed by atoms with E-state index in [-0.39, 0.29) is 0 Å². The van der Waals surface area contributed by atoms with Crippen LogP contribution in [-0.2, 0) is 13.0 Å². The average Bonchev–Trinajstić information content (AvgIpc) is 3.29. The van der Waals surface area contributed by atoms with Crippen molar-refractivity contribution in [3.63, 3.8) is 0 Å². The number of fused-ring (bicyclic) bond motifs is 2. The summed E-state index contributed by atoms with van der Waals surface area (Å²) in [4.78, 5) is 13.8. The van der Waals surface area contributed by atoms with Crippen LogP contribution in [0.4, 0.5) is 0 Å². The van der Waals surface area contributed by atoms with Crippen molar-refractivity contribution in [3.8, 4) is 28.3 Å². The quantitative estimate of drug-likeness (QED) is 0.562. The molecule has 0 fully saturated rings. The van der Waals surface area contributed by atoms with Crippen LogP contribution < -0.4 is 4.74 Å². The van der Waals surface area contributed by atoms with Gasteiger partial charge in [0.2, 0.25) is 0 Å². The largest absolute Gasteiger partial charge is 0.497 e. The zero-order chi connectivity index (χ0) is 17.5. The highest BCUT2D eigenvalue weighted by molar-refractivity contribution is 5.86. The number of hydrogen-bond acceptors (Lipinski definition) is 4. The van der Waals surface area contributed by atoms with Crippen LogP contribution in [0.2, 0.25) is 0 Å². The molecular formula is C21H18N4O. The topological polar surface area (TPSA) is 52.8 Å². The molecule has 4 aromatic rings. The van der Waals surface area contributed by atoms with E-state index in [1.807, 2.05) is 24.3 Å². The van der Waals surface area contributed by atoms with Crippen LogP contribution in [0.1, 0.15) is 12.2 Å². The summed E-state index contributed by atoms with van der Waals surface area (Å²) in [6, 6.07) is 14.3. The standard InChI is InChI=1S/C21H18N4O/c1-26-16-5-2-4-14(12-16)20-21(25-11-3-6-19(25)24-20)15-7-8-17-18(13-15)23-10-9-22-17/h2,4-5,7-10,12-13H,3,6,11H2,1H3. The molecule has 5 nitrogen and oxygen atoms in total. The lowest BCUT2D eigenvalue weighted by Crippen LogP contribution is -1.97. The Bertz CT molecular complexity index is 1120. The van der Waals surface area contributed by atoms with Crippen molar-refractivity contribution in [1.29, 1.82) is 0 Å². The minimum absolute atomic E-state index is 0.839. The van der Waals surface area contributed by atoms with Crippen LogP contribution in [0.3, 0.4) is 0 Å². The Morgan fingerprint density at radius 1 is 0.962 bits per heavy atom. The first-order chi connectivity index (χ1) is 12.8. The first kappa shape index (κ1) is 15.1. The first-order valence-electron chi connectivity index (χ1n) is 8.78. The van der Waals surface area contributed by atoms with Gasteiger partial charge in [0.05, 0.1) is 29.5 Å². The molecule has 1 aliphatic heterocycles. The molecule has 0 saturated heterocycles. The molecule has 26 heavy (non-hydrogen) atoms. The molecule has 0 saturated carbocycles. The fourth-order valence-electron chi connectivity index (χ4n) is 3.70. The normalized spacial score (nSPS) is 13.1. The zero-order valence-corrected chi connectivity index (χ0v) is 14.5. The monoisotopic (exact) mass is 342 g/mol. The lowest BCUT2D eigenvalue weighted by Gasteiger charge is -2.10. The molecule has 2 aromatic heterocycles. The second kappa shape index (κ2) is 5.95. The highest BCUT2D eigenvalue weighted by atomic mass is 16.5. The fraction of sp³-hybridized carbons (Fsp3) is 0.190. The van der Waals surface area contributed by atoms with E-state index in [4.69, 9.17) is 9.72 Å². The molecule has 128 valence electrons. The van der Waals surface area contributed by atoms with E-state index in [0.29, 0.717) is 0 Å². The molecule has 0 aliphatic carbocycles. The minimum Gasteiger partial charge on any atom is -0.497 e. The maximum absolute atomic E-state index is 5.40. The summed E-state index contributed by atoms with van der Waals surface area (Å²) in [5, 5.41) is 0. The van der Waals surface area contributed by atoms with E-state index in [2.05, 4.69) is 32.7 Å². The molecule has 0 N–H and O–H groups in total. The van der Waals surface area contributed by atoms with Crippen molar-refractivity contribution in [2.24, 2.45) is 0 Å². The molecule has 3 heterocycles. The highest BCUT2D eigenvalue weighted by Crippen LogP contribution is 2.37. The SMILES string of the molecule is COc1cccc(-c2nc3n(c2-c2ccc4nccnc4c2)CCC3)c1. The molecule has 0 atom stereocenters. The summed E-state index contributed by atoms with van der Waals surface area (Å²) in [6.45, 7) is 1.00. The predicted molar refractivity (Wildman–Crippen MR) is 101 cm³/mol. The maximum Gasteiger partial charge on any atom is 0.119 e. The van der Waals surface area contributed by atoms with Gasteiger partial charge in [-0.05, 0) is 30.7 Å². The third-order valence-corrected chi connectivity index (χ3v) is 4.91. The van der Waals surface area contributed by atoms with Gasteiger partial charge < -0.3 is 9.30 Å². The van der Waals surface area contributed by atoms with Crippen molar-refractivity contribution < 1.29 is 4.74 Å². The second-order valence-corrected chi connectivity index (χ2v) is 6.47. The van der Waals surface area contributed by atoms with Crippen molar-refractivity contribution >= 4 is 11.0 Å². The van der Waals surface area contributed by atoms with Crippen LogP contribution in [0.5, 0.6) is 5.75 Å². The Hall–Kier alpha value is -3.21. The Labute approximate surface area is 151 Å². The number of aryl methyl sites for hydroxylation is 1. The van der Waals surface area contributed by atoms with Gasteiger partial charge in [-0.25, -0.2) is 4.98 Å². The van der Waals surface area contributed by atoms with Crippen LogP contribution >= 0.6 is 0 Å². The van der Waals surface area contributed by atoms with Crippen molar-refractivity contribution in [2.45, 2.75) is 19.4 Å². The van der Waals surface area contributed by atoms with Crippen molar-refractivity contribution in [1.82, 2.24) is 19.5 Å². The van der Waals surface area contributed by atoms with Crippen LogP contribution in [0.25, 0.3) is 33.5 Å². The van der Waals surface area contributed by atoms with Gasteiger partial charge in [0.1, 0.15) is 11.6 Å². The summed E-state index contributed by atoms with van der Waals surface area (Å²) in [6.07, 6.45) is 5.61. The maximum atomic E-state index is 5.40. The summed E-state index contributed by atoms with van der Waals surface area (Å²) in [7, 11) is 1.69. The van der Waals surface area contributed by atoms with Gasteiger partial charge >= 0.3 is 0 Å². The second-order valence-electron chi connectivity index (χ2n) is 6.47. The number of methoxy groups -OCH3 is 1. The van der Waals surface area contributed by atoms with Gasteiger partial charge in [-0.1, -0.05) is 18.2 Å². The molecule has 1 aliphatic rings. The molecule has 0 unspecified atom stereocenters. The molecule has 0 spiro atoms. The molecule has 0 bridgehead atoms. The van der Waals surface area contributed by atoms with Crippen LogP contribution in [0, 0.1) is 0 Å². The first-order valence-corrected chi connectivity index (χ1v) is 8.78. The summed E-state index contributed by atoms with van der Waals surface area (Å²) < 4.78 is 7.74. The van der Waals surface area contributed by atoms with E-state index < -0.39 is 0 Å². The Morgan fingerprint density at radius 2 is 1.85 bits per heavy atom. The van der Waals surface area contributed by atoms with E-state index >= 15 is 0 Å². The molecule has 5 rings (SSSR count). The van der Waals surface area contributed by atoms with Gasteiger partial charge in [0.15, 0.2) is 0 Å². The van der Waals surface area contributed by atoms with Gasteiger partial charge in [0.25, 0.3) is 0 Å². The highest BCUT2D eigenvalue weighted by Gasteiger charge is 2.23. The predicted octanol–water partition coefficient (Wildman–Crippen LogP) is 4.12. The Kier molecular flexibility index (Phi) is 3.45. The van der Waals surface area contributed by atoms with Crippen molar-refractivity contribution in [3.05, 3.63) is 60.7 Å². The fourth-order valence-corrected chi connectivity index (χ4v) is 3.70. The molecule has 0 amide bonds. The van der Waals surface area contributed by atoms with Crippen LogP contribution in [0.15, 0.2) is 54.9 Å². The van der Waals surface area contributed by atoms with E-state index in [1.54, 1.807) is 19.5 Å². The van der Waals surface area contributed by atoms with Gasteiger partial charge in [0, 0.05) is 36.5 Å². The number of rotatable bonds is 3. The molecule has 0 radical (unpaired) electrons. The van der Waals surface area contributed by atoms with E-state index in [9.17, 15) is 0 Å². The number of nitrogens with zero attached hydrogens (tertiary/aromatic N) is 4. The number of ether oxygens (including phenoxy) is 1. The summed E-state index contributed by atoms with van der Waals surface area (Å²) in [5.74, 6) is 1.99. The van der Waals surface area contributed by atoms with Crippen LogP contribution in [-0.4, -0.2) is 26.6 Å². The summed E-state index contributed by atoms with van der Waals surface area (Å²) in [5.41, 5.74) is 6.15. The smallest absolute Gasteiger partial charge is 0.119 e. The minimum atomic E-state index is 0.839. The molecule has 5 heteroatoms. The lowest BCUT2D eigenvalue weighted by molar-refractivity contribution is 0.415. The third kappa shape index (κ3) is 2.36. The third-order valence-electron chi connectivity index (χ3n) is 4.91. The van der Waals surface area contributed by atoms with Gasteiger partial charge in [-0.3, -0.25) is 9.97 Å². The molecule has 2 aromatic carbocycles. The van der Waals surface area contributed by atoms with Crippen molar-refractivity contribution in [2.75, 3.05) is 7.11 Å². The number of benzene rings is 2.